The molecular weight excluding hydrogens is 294 g/mol. The van der Waals surface area contributed by atoms with Gasteiger partial charge in [0.2, 0.25) is 5.91 Å². The van der Waals surface area contributed by atoms with Crippen LogP contribution in [0.25, 0.3) is 0 Å². The van der Waals surface area contributed by atoms with Crippen LogP contribution in [0.3, 0.4) is 0 Å². The number of carbonyl (C=O) groups excluding carboxylic acids is 1. The summed E-state index contributed by atoms with van der Waals surface area (Å²) in [5.41, 5.74) is 0.528. The van der Waals surface area contributed by atoms with Crippen LogP contribution in [0.1, 0.15) is 57.2 Å². The molecule has 3 unspecified atom stereocenters. The Kier molecular flexibility index (Phi) is 5.10. The molecule has 23 heavy (non-hydrogen) atoms. The highest BCUT2D eigenvalue weighted by atomic mass is 16.5. The summed E-state index contributed by atoms with van der Waals surface area (Å²) in [4.78, 5) is 25.5. The standard InChI is InChI=1S/C17H25N3O3/c1-12-5-2-3-7-15(12)23-11-17(22)20-10-4-6-14(20)13-8-9-16(21)19-18-13/h8-9,12,14-15H,2-7,10-11H2,1H3,(H,19,21). The zero-order valence-corrected chi connectivity index (χ0v) is 13.7. The lowest BCUT2D eigenvalue weighted by molar-refractivity contribution is -0.141. The molecule has 2 fully saturated rings. The molecule has 1 amide bonds. The van der Waals surface area contributed by atoms with E-state index in [0.29, 0.717) is 5.92 Å². The van der Waals surface area contributed by atoms with Crippen molar-refractivity contribution in [3.05, 3.63) is 28.2 Å². The molecule has 1 aliphatic heterocycles. The highest BCUT2D eigenvalue weighted by Gasteiger charge is 2.32. The smallest absolute Gasteiger partial charge is 0.264 e. The number of likely N-dealkylation sites (tertiary alicyclic amines) is 1. The fourth-order valence-electron chi connectivity index (χ4n) is 3.70. The summed E-state index contributed by atoms with van der Waals surface area (Å²) in [6.07, 6.45) is 6.74. The largest absolute Gasteiger partial charge is 0.368 e. The molecule has 1 aromatic heterocycles. The van der Waals surface area contributed by atoms with Crippen LogP contribution in [0.5, 0.6) is 0 Å². The second kappa shape index (κ2) is 7.25. The summed E-state index contributed by atoms with van der Waals surface area (Å²) in [6.45, 7) is 3.08. The van der Waals surface area contributed by atoms with E-state index in [1.54, 1.807) is 6.07 Å². The van der Waals surface area contributed by atoms with E-state index in [4.69, 9.17) is 4.74 Å². The van der Waals surface area contributed by atoms with Gasteiger partial charge in [-0.1, -0.05) is 19.8 Å². The lowest BCUT2D eigenvalue weighted by atomic mass is 9.88. The van der Waals surface area contributed by atoms with E-state index in [1.807, 2.05) is 4.90 Å². The van der Waals surface area contributed by atoms with E-state index in [-0.39, 0.29) is 30.2 Å². The van der Waals surface area contributed by atoms with Crippen LogP contribution in [0.2, 0.25) is 0 Å². The molecular formula is C17H25N3O3. The second-order valence-electron chi connectivity index (χ2n) is 6.70. The number of rotatable bonds is 4. The third kappa shape index (κ3) is 3.80. The molecule has 3 atom stereocenters. The summed E-state index contributed by atoms with van der Waals surface area (Å²) in [5, 5.41) is 6.53. The van der Waals surface area contributed by atoms with Gasteiger partial charge in [0.25, 0.3) is 5.56 Å². The van der Waals surface area contributed by atoms with Gasteiger partial charge in [-0.2, -0.15) is 5.10 Å². The molecule has 3 rings (SSSR count). The molecule has 0 radical (unpaired) electrons. The fraction of sp³-hybridized carbons (Fsp3) is 0.706. The van der Waals surface area contributed by atoms with Gasteiger partial charge < -0.3 is 9.64 Å². The molecule has 2 aliphatic rings. The maximum Gasteiger partial charge on any atom is 0.264 e. The number of ether oxygens (including phenoxy) is 1. The number of aromatic amines is 1. The fourth-order valence-corrected chi connectivity index (χ4v) is 3.70. The van der Waals surface area contributed by atoms with E-state index in [1.165, 1.54) is 25.3 Å². The van der Waals surface area contributed by atoms with Crippen molar-refractivity contribution in [3.8, 4) is 0 Å². The van der Waals surface area contributed by atoms with Crippen molar-refractivity contribution in [2.24, 2.45) is 5.92 Å². The van der Waals surface area contributed by atoms with Crippen molar-refractivity contribution < 1.29 is 9.53 Å². The number of H-pyrrole nitrogens is 1. The minimum Gasteiger partial charge on any atom is -0.368 e. The molecule has 0 spiro atoms. The molecule has 6 nitrogen and oxygen atoms in total. The van der Waals surface area contributed by atoms with E-state index in [9.17, 15) is 9.59 Å². The number of nitrogens with zero attached hydrogens (tertiary/aromatic N) is 2. The van der Waals surface area contributed by atoms with Crippen molar-refractivity contribution in [1.29, 1.82) is 0 Å². The monoisotopic (exact) mass is 319 g/mol. The first-order valence-electron chi connectivity index (χ1n) is 8.62. The van der Waals surface area contributed by atoms with Gasteiger partial charge in [-0.15, -0.1) is 0 Å². The van der Waals surface area contributed by atoms with Crippen molar-refractivity contribution in [3.63, 3.8) is 0 Å². The van der Waals surface area contributed by atoms with Crippen LogP contribution in [0.4, 0.5) is 0 Å². The zero-order chi connectivity index (χ0) is 16.2. The first-order valence-corrected chi connectivity index (χ1v) is 8.62. The highest BCUT2D eigenvalue weighted by molar-refractivity contribution is 5.78. The molecule has 126 valence electrons. The first-order chi connectivity index (χ1) is 11.1. The molecule has 2 heterocycles. The Morgan fingerprint density at radius 1 is 1.30 bits per heavy atom. The quantitative estimate of drug-likeness (QED) is 0.921. The summed E-state index contributed by atoms with van der Waals surface area (Å²) in [7, 11) is 0. The van der Waals surface area contributed by atoms with Crippen molar-refractivity contribution in [2.75, 3.05) is 13.2 Å². The van der Waals surface area contributed by atoms with Gasteiger partial charge in [-0.3, -0.25) is 9.59 Å². The number of nitrogens with one attached hydrogen (secondary N) is 1. The minimum atomic E-state index is -0.223. The average Bonchev–Trinajstić information content (AvgIpc) is 3.04. The van der Waals surface area contributed by atoms with Gasteiger partial charge in [-0.05, 0) is 37.7 Å². The molecule has 1 aromatic rings. The number of hydrogen-bond acceptors (Lipinski definition) is 4. The van der Waals surface area contributed by atoms with Gasteiger partial charge in [-0.25, -0.2) is 5.10 Å². The molecule has 0 aromatic carbocycles. The highest BCUT2D eigenvalue weighted by Crippen LogP contribution is 2.31. The topological polar surface area (TPSA) is 75.3 Å². The Bertz CT molecular complexity index is 580. The summed E-state index contributed by atoms with van der Waals surface area (Å²) < 4.78 is 5.90. The summed E-state index contributed by atoms with van der Waals surface area (Å²) in [5.74, 6) is 0.560. The van der Waals surface area contributed by atoms with Crippen molar-refractivity contribution >= 4 is 5.91 Å². The van der Waals surface area contributed by atoms with Gasteiger partial charge in [0, 0.05) is 12.6 Å². The maximum absolute atomic E-state index is 12.5. The normalized spacial score (nSPS) is 28.0. The molecule has 1 saturated heterocycles. The Morgan fingerprint density at radius 3 is 2.87 bits per heavy atom. The summed E-state index contributed by atoms with van der Waals surface area (Å²) >= 11 is 0. The second-order valence-corrected chi connectivity index (χ2v) is 6.70. The van der Waals surface area contributed by atoms with Gasteiger partial charge in [0.1, 0.15) is 6.61 Å². The Morgan fingerprint density at radius 2 is 2.13 bits per heavy atom. The number of carbonyl (C=O) groups is 1. The van der Waals surface area contributed by atoms with Gasteiger partial charge in [0.05, 0.1) is 17.8 Å². The van der Waals surface area contributed by atoms with Gasteiger partial charge in [0.15, 0.2) is 0 Å². The van der Waals surface area contributed by atoms with E-state index < -0.39 is 0 Å². The Balaban J connectivity index is 1.59. The third-order valence-corrected chi connectivity index (χ3v) is 5.07. The predicted molar refractivity (Wildman–Crippen MR) is 85.9 cm³/mol. The van der Waals surface area contributed by atoms with Crippen LogP contribution in [-0.4, -0.2) is 40.3 Å². The number of hydrogen-bond donors (Lipinski definition) is 1. The Labute approximate surface area is 136 Å². The predicted octanol–water partition coefficient (Wildman–Crippen LogP) is 2.03. The number of amides is 1. The van der Waals surface area contributed by atoms with Crippen LogP contribution >= 0.6 is 0 Å². The van der Waals surface area contributed by atoms with Crippen molar-refractivity contribution in [1.82, 2.24) is 15.1 Å². The molecule has 6 heteroatoms. The minimum absolute atomic E-state index is 0.0262. The molecule has 1 N–H and O–H groups in total. The van der Waals surface area contributed by atoms with Crippen molar-refractivity contribution in [2.45, 2.75) is 57.6 Å². The molecule has 1 aliphatic carbocycles. The van der Waals surface area contributed by atoms with E-state index >= 15 is 0 Å². The first kappa shape index (κ1) is 16.2. The lowest BCUT2D eigenvalue weighted by Gasteiger charge is -2.30. The van der Waals surface area contributed by atoms with Gasteiger partial charge >= 0.3 is 0 Å². The SMILES string of the molecule is CC1CCCCC1OCC(=O)N1CCCC1c1ccc(=O)[nH]n1. The third-order valence-electron chi connectivity index (χ3n) is 5.07. The van der Waals surface area contributed by atoms with E-state index in [0.717, 1.165) is 31.5 Å². The average molecular weight is 319 g/mol. The number of aromatic nitrogens is 2. The summed E-state index contributed by atoms with van der Waals surface area (Å²) in [6, 6.07) is 3.12. The van der Waals surface area contributed by atoms with Crippen LogP contribution in [-0.2, 0) is 9.53 Å². The molecule has 0 bridgehead atoms. The van der Waals surface area contributed by atoms with Crippen LogP contribution in [0.15, 0.2) is 16.9 Å². The molecule has 1 saturated carbocycles. The van der Waals surface area contributed by atoms with E-state index in [2.05, 4.69) is 17.1 Å². The van der Waals surface area contributed by atoms with Crippen LogP contribution in [0, 0.1) is 5.92 Å². The lowest BCUT2D eigenvalue weighted by Crippen LogP contribution is -2.37. The Hall–Kier alpha value is -1.69. The zero-order valence-electron chi connectivity index (χ0n) is 13.7. The van der Waals surface area contributed by atoms with Crippen LogP contribution < -0.4 is 5.56 Å². The maximum atomic E-state index is 12.5.